The van der Waals surface area contributed by atoms with Gasteiger partial charge >= 0.3 is 0 Å². The Morgan fingerprint density at radius 1 is 1.42 bits per heavy atom. The minimum atomic E-state index is 0.0531. The molecule has 1 amide bonds. The van der Waals surface area contributed by atoms with E-state index in [-0.39, 0.29) is 11.9 Å². The van der Waals surface area contributed by atoms with Gasteiger partial charge in [-0.1, -0.05) is 6.07 Å². The number of pyridine rings is 1. The fourth-order valence-electron chi connectivity index (χ4n) is 2.63. The lowest BCUT2D eigenvalue weighted by Crippen LogP contribution is -2.31. The van der Waals surface area contributed by atoms with Gasteiger partial charge in [0, 0.05) is 12.2 Å². The van der Waals surface area contributed by atoms with E-state index in [2.05, 4.69) is 21.8 Å². The molecule has 1 aliphatic rings. The molecular formula is C15H16N2OS. The molecule has 0 N–H and O–H groups in total. The number of aryl methyl sites for hydroxylation is 1. The molecule has 1 aliphatic heterocycles. The molecule has 0 radical (unpaired) electrons. The van der Waals surface area contributed by atoms with E-state index in [1.807, 2.05) is 24.0 Å². The lowest BCUT2D eigenvalue weighted by molar-refractivity contribution is 0.0729. The lowest BCUT2D eigenvalue weighted by Gasteiger charge is -2.24. The van der Waals surface area contributed by atoms with Gasteiger partial charge in [-0.3, -0.25) is 4.79 Å². The predicted octanol–water partition coefficient (Wildman–Crippen LogP) is 3.43. The molecule has 0 bridgehead atoms. The van der Waals surface area contributed by atoms with E-state index < -0.39 is 0 Å². The average Bonchev–Trinajstić information content (AvgIpc) is 3.08. The van der Waals surface area contributed by atoms with E-state index in [4.69, 9.17) is 0 Å². The highest BCUT2D eigenvalue weighted by atomic mass is 32.1. The first-order chi connectivity index (χ1) is 9.25. The highest BCUT2D eigenvalue weighted by Gasteiger charge is 2.31. The summed E-state index contributed by atoms with van der Waals surface area (Å²) >= 11 is 1.68. The molecule has 0 aromatic carbocycles. The third kappa shape index (κ3) is 2.40. The number of aromatic nitrogens is 1. The second-order valence-corrected chi connectivity index (χ2v) is 5.66. The topological polar surface area (TPSA) is 33.2 Å². The van der Waals surface area contributed by atoms with Gasteiger partial charge < -0.3 is 4.90 Å². The summed E-state index contributed by atoms with van der Waals surface area (Å²) in [4.78, 5) is 18.9. The van der Waals surface area contributed by atoms with Crippen molar-refractivity contribution in [3.05, 3.63) is 52.0 Å². The van der Waals surface area contributed by atoms with Gasteiger partial charge in [-0.15, -0.1) is 0 Å². The highest BCUT2D eigenvalue weighted by molar-refractivity contribution is 7.07. The Kier molecular flexibility index (Phi) is 3.34. The van der Waals surface area contributed by atoms with Crippen molar-refractivity contribution < 1.29 is 4.79 Å². The first-order valence-electron chi connectivity index (χ1n) is 6.52. The summed E-state index contributed by atoms with van der Waals surface area (Å²) in [7, 11) is 0. The van der Waals surface area contributed by atoms with Crippen LogP contribution in [-0.2, 0) is 0 Å². The zero-order valence-corrected chi connectivity index (χ0v) is 11.7. The third-order valence-electron chi connectivity index (χ3n) is 3.55. The Morgan fingerprint density at radius 3 is 3.05 bits per heavy atom. The van der Waals surface area contributed by atoms with Gasteiger partial charge in [0.25, 0.3) is 5.91 Å². The van der Waals surface area contributed by atoms with Crippen molar-refractivity contribution in [1.29, 1.82) is 0 Å². The van der Waals surface area contributed by atoms with Crippen LogP contribution in [0.3, 0.4) is 0 Å². The standard InChI is InChI=1S/C15H16N2OS/c1-11-4-2-5-13(16-11)15(18)17-8-3-6-14(17)12-7-9-19-10-12/h2,4-5,7,9-10,14H,3,6,8H2,1H3. The van der Waals surface area contributed by atoms with Crippen LogP contribution >= 0.6 is 11.3 Å². The van der Waals surface area contributed by atoms with Crippen LogP contribution in [-0.4, -0.2) is 22.3 Å². The number of thiophene rings is 1. The maximum Gasteiger partial charge on any atom is 0.272 e. The predicted molar refractivity (Wildman–Crippen MR) is 76.3 cm³/mol. The number of hydrogen-bond acceptors (Lipinski definition) is 3. The summed E-state index contributed by atoms with van der Waals surface area (Å²) in [5.41, 5.74) is 2.70. The van der Waals surface area contributed by atoms with Crippen molar-refractivity contribution in [3.63, 3.8) is 0 Å². The normalized spacial score (nSPS) is 18.8. The van der Waals surface area contributed by atoms with Crippen LogP contribution in [0.15, 0.2) is 35.0 Å². The second kappa shape index (κ2) is 5.13. The molecule has 0 saturated carbocycles. The summed E-state index contributed by atoms with van der Waals surface area (Å²) < 4.78 is 0. The zero-order chi connectivity index (χ0) is 13.2. The minimum Gasteiger partial charge on any atom is -0.330 e. The van der Waals surface area contributed by atoms with Gasteiger partial charge in [0.1, 0.15) is 5.69 Å². The van der Waals surface area contributed by atoms with E-state index in [0.717, 1.165) is 25.1 Å². The van der Waals surface area contributed by atoms with Crippen molar-refractivity contribution >= 4 is 17.2 Å². The van der Waals surface area contributed by atoms with Crippen LogP contribution in [0.5, 0.6) is 0 Å². The number of carbonyl (C=O) groups is 1. The molecule has 3 heterocycles. The van der Waals surface area contributed by atoms with E-state index in [0.29, 0.717) is 5.69 Å². The van der Waals surface area contributed by atoms with E-state index in [1.165, 1.54) is 5.56 Å². The Hall–Kier alpha value is -1.68. The first-order valence-corrected chi connectivity index (χ1v) is 7.47. The molecule has 3 rings (SSSR count). The Bertz CT molecular complexity index is 580. The number of rotatable bonds is 2. The Morgan fingerprint density at radius 2 is 2.32 bits per heavy atom. The molecule has 3 nitrogen and oxygen atoms in total. The molecule has 98 valence electrons. The van der Waals surface area contributed by atoms with Gasteiger partial charge in [-0.2, -0.15) is 11.3 Å². The fraction of sp³-hybridized carbons (Fsp3) is 0.333. The zero-order valence-electron chi connectivity index (χ0n) is 10.9. The summed E-state index contributed by atoms with van der Waals surface area (Å²) in [5.74, 6) is 0.0531. The van der Waals surface area contributed by atoms with Gasteiger partial charge in [-0.25, -0.2) is 4.98 Å². The SMILES string of the molecule is Cc1cccc(C(=O)N2CCCC2c2ccsc2)n1. The number of likely N-dealkylation sites (tertiary alicyclic amines) is 1. The maximum atomic E-state index is 12.6. The van der Waals surface area contributed by atoms with E-state index in [9.17, 15) is 4.79 Å². The summed E-state index contributed by atoms with van der Waals surface area (Å²) in [6.45, 7) is 2.74. The third-order valence-corrected chi connectivity index (χ3v) is 4.25. The molecule has 1 fully saturated rings. The van der Waals surface area contributed by atoms with Crippen LogP contribution < -0.4 is 0 Å². The second-order valence-electron chi connectivity index (χ2n) is 4.88. The Balaban J connectivity index is 1.87. The smallest absolute Gasteiger partial charge is 0.272 e. The number of carbonyl (C=O) groups excluding carboxylic acids is 1. The largest absolute Gasteiger partial charge is 0.330 e. The van der Waals surface area contributed by atoms with Crippen molar-refractivity contribution in [3.8, 4) is 0 Å². The molecule has 2 aromatic heterocycles. The van der Waals surface area contributed by atoms with Gasteiger partial charge in [-0.05, 0) is 54.3 Å². The molecule has 1 unspecified atom stereocenters. The van der Waals surface area contributed by atoms with Crippen LogP contribution in [0.4, 0.5) is 0 Å². The molecule has 19 heavy (non-hydrogen) atoms. The quantitative estimate of drug-likeness (QED) is 0.839. The van der Waals surface area contributed by atoms with Gasteiger partial charge in [0.05, 0.1) is 6.04 Å². The van der Waals surface area contributed by atoms with Crippen molar-refractivity contribution in [1.82, 2.24) is 9.88 Å². The number of nitrogens with zero attached hydrogens (tertiary/aromatic N) is 2. The molecule has 0 spiro atoms. The van der Waals surface area contributed by atoms with E-state index >= 15 is 0 Å². The van der Waals surface area contributed by atoms with Gasteiger partial charge in [0.15, 0.2) is 0 Å². The number of amides is 1. The molecular weight excluding hydrogens is 256 g/mol. The first kappa shape index (κ1) is 12.4. The van der Waals surface area contributed by atoms with Crippen molar-refractivity contribution in [2.75, 3.05) is 6.54 Å². The van der Waals surface area contributed by atoms with E-state index in [1.54, 1.807) is 17.4 Å². The Labute approximate surface area is 116 Å². The van der Waals surface area contributed by atoms with Crippen LogP contribution in [0.25, 0.3) is 0 Å². The average molecular weight is 272 g/mol. The monoisotopic (exact) mass is 272 g/mol. The van der Waals surface area contributed by atoms with Crippen LogP contribution in [0.1, 0.15) is 40.6 Å². The lowest BCUT2D eigenvalue weighted by atomic mass is 10.1. The molecule has 2 aromatic rings. The molecule has 1 saturated heterocycles. The fourth-order valence-corrected chi connectivity index (χ4v) is 3.34. The molecule has 4 heteroatoms. The van der Waals surface area contributed by atoms with Gasteiger partial charge in [0.2, 0.25) is 0 Å². The molecule has 0 aliphatic carbocycles. The van der Waals surface area contributed by atoms with Crippen LogP contribution in [0.2, 0.25) is 0 Å². The summed E-state index contributed by atoms with van der Waals surface area (Å²) in [5, 5.41) is 4.21. The number of hydrogen-bond donors (Lipinski definition) is 0. The highest BCUT2D eigenvalue weighted by Crippen LogP contribution is 2.33. The summed E-state index contributed by atoms with van der Waals surface area (Å²) in [6, 6.07) is 7.95. The van der Waals surface area contributed by atoms with Crippen LogP contribution in [0, 0.1) is 6.92 Å². The summed E-state index contributed by atoms with van der Waals surface area (Å²) in [6.07, 6.45) is 2.12. The molecule has 1 atom stereocenters. The maximum absolute atomic E-state index is 12.6. The van der Waals surface area contributed by atoms with Crippen molar-refractivity contribution in [2.45, 2.75) is 25.8 Å². The minimum absolute atomic E-state index is 0.0531. The van der Waals surface area contributed by atoms with Crippen molar-refractivity contribution in [2.24, 2.45) is 0 Å².